The number of carbonyl (C=O) groups is 1. The molecule has 1 aliphatic heterocycles. The predicted octanol–water partition coefficient (Wildman–Crippen LogP) is 0.0191. The van der Waals surface area contributed by atoms with E-state index in [0.29, 0.717) is 38.5 Å². The molecule has 17 heavy (non-hydrogen) atoms. The van der Waals surface area contributed by atoms with Crippen molar-refractivity contribution in [3.63, 3.8) is 0 Å². The van der Waals surface area contributed by atoms with E-state index in [1.54, 1.807) is 0 Å². The fourth-order valence-corrected chi connectivity index (χ4v) is 1.88. The highest BCUT2D eigenvalue weighted by atomic mass is 16.5. The number of rotatable bonds is 6. The van der Waals surface area contributed by atoms with Gasteiger partial charge in [-0.2, -0.15) is 0 Å². The molecule has 0 bridgehead atoms. The Bertz CT molecular complexity index is 240. The minimum atomic E-state index is -0.749. The molecule has 0 aromatic heterocycles. The summed E-state index contributed by atoms with van der Waals surface area (Å²) in [5, 5.41) is 11.7. The van der Waals surface area contributed by atoms with Crippen LogP contribution in [0.3, 0.4) is 0 Å². The van der Waals surface area contributed by atoms with Gasteiger partial charge < -0.3 is 20.9 Å². The molecule has 0 saturated carbocycles. The van der Waals surface area contributed by atoms with Crippen LogP contribution >= 0.6 is 0 Å². The van der Waals surface area contributed by atoms with Gasteiger partial charge in [0, 0.05) is 26.4 Å². The molecule has 0 aromatic carbocycles. The van der Waals surface area contributed by atoms with Gasteiger partial charge in [-0.3, -0.25) is 4.79 Å². The molecule has 0 aromatic rings. The highest BCUT2D eigenvalue weighted by molar-refractivity contribution is 5.86. The molecule has 0 radical (unpaired) electrons. The molecule has 1 aliphatic rings. The van der Waals surface area contributed by atoms with Gasteiger partial charge in [0.05, 0.1) is 5.54 Å². The SMILES string of the molecule is CC(CO)CCCNC(=O)C1(N)CCOCC1. The van der Waals surface area contributed by atoms with Gasteiger partial charge >= 0.3 is 0 Å². The number of hydrogen-bond acceptors (Lipinski definition) is 4. The Morgan fingerprint density at radius 3 is 2.76 bits per heavy atom. The van der Waals surface area contributed by atoms with Crippen molar-refractivity contribution in [2.24, 2.45) is 11.7 Å². The van der Waals surface area contributed by atoms with Gasteiger partial charge in [-0.25, -0.2) is 0 Å². The fraction of sp³-hybridized carbons (Fsp3) is 0.917. The lowest BCUT2D eigenvalue weighted by Gasteiger charge is -2.31. The number of aliphatic hydroxyl groups is 1. The molecule has 5 nitrogen and oxygen atoms in total. The van der Waals surface area contributed by atoms with E-state index in [-0.39, 0.29) is 12.5 Å². The Balaban J connectivity index is 2.20. The standard InChI is InChI=1S/C12H24N2O3/c1-10(9-15)3-2-6-14-11(16)12(13)4-7-17-8-5-12/h10,15H,2-9,13H2,1H3,(H,14,16). The van der Waals surface area contributed by atoms with Gasteiger partial charge in [0.1, 0.15) is 0 Å². The lowest BCUT2D eigenvalue weighted by Crippen LogP contribution is -2.57. The van der Waals surface area contributed by atoms with Crippen LogP contribution in [-0.2, 0) is 9.53 Å². The van der Waals surface area contributed by atoms with Gasteiger partial charge in [-0.15, -0.1) is 0 Å². The van der Waals surface area contributed by atoms with Crippen LogP contribution in [-0.4, -0.2) is 42.9 Å². The van der Waals surface area contributed by atoms with Crippen LogP contribution < -0.4 is 11.1 Å². The van der Waals surface area contributed by atoms with Crippen LogP contribution in [0.4, 0.5) is 0 Å². The van der Waals surface area contributed by atoms with E-state index in [4.69, 9.17) is 15.6 Å². The third kappa shape index (κ3) is 4.61. The maximum Gasteiger partial charge on any atom is 0.240 e. The summed E-state index contributed by atoms with van der Waals surface area (Å²) in [6, 6.07) is 0. The van der Waals surface area contributed by atoms with Crippen molar-refractivity contribution < 1.29 is 14.6 Å². The summed E-state index contributed by atoms with van der Waals surface area (Å²) in [6.07, 6.45) is 2.97. The first kappa shape index (κ1) is 14.4. The Morgan fingerprint density at radius 2 is 2.18 bits per heavy atom. The predicted molar refractivity (Wildman–Crippen MR) is 65.5 cm³/mol. The van der Waals surface area contributed by atoms with Crippen LogP contribution in [0.5, 0.6) is 0 Å². The number of hydrogen-bond donors (Lipinski definition) is 3. The van der Waals surface area contributed by atoms with Gasteiger partial charge in [-0.05, 0) is 31.6 Å². The first-order chi connectivity index (χ1) is 8.08. The molecule has 1 unspecified atom stereocenters. The van der Waals surface area contributed by atoms with E-state index in [1.165, 1.54) is 0 Å². The lowest BCUT2D eigenvalue weighted by atomic mass is 9.90. The second kappa shape index (κ2) is 6.93. The van der Waals surface area contributed by atoms with E-state index < -0.39 is 5.54 Å². The molecule has 0 aliphatic carbocycles. The Morgan fingerprint density at radius 1 is 1.53 bits per heavy atom. The van der Waals surface area contributed by atoms with Crippen molar-refractivity contribution in [3.05, 3.63) is 0 Å². The van der Waals surface area contributed by atoms with E-state index in [9.17, 15) is 4.79 Å². The average Bonchev–Trinajstić information content (AvgIpc) is 2.34. The van der Waals surface area contributed by atoms with Gasteiger partial charge in [0.25, 0.3) is 0 Å². The van der Waals surface area contributed by atoms with E-state index in [2.05, 4.69) is 5.32 Å². The molecule has 5 heteroatoms. The van der Waals surface area contributed by atoms with Crippen molar-refractivity contribution >= 4 is 5.91 Å². The molecule has 1 fully saturated rings. The number of nitrogens with one attached hydrogen (secondary N) is 1. The third-order valence-electron chi connectivity index (χ3n) is 3.31. The zero-order valence-corrected chi connectivity index (χ0v) is 10.6. The first-order valence-corrected chi connectivity index (χ1v) is 6.34. The zero-order chi connectivity index (χ0) is 12.7. The van der Waals surface area contributed by atoms with E-state index >= 15 is 0 Å². The molecule has 0 spiro atoms. The third-order valence-corrected chi connectivity index (χ3v) is 3.31. The summed E-state index contributed by atoms with van der Waals surface area (Å²) in [6.45, 7) is 3.94. The summed E-state index contributed by atoms with van der Waals surface area (Å²) in [5.41, 5.74) is 5.29. The molecule has 100 valence electrons. The monoisotopic (exact) mass is 244 g/mol. The van der Waals surface area contributed by atoms with Crippen LogP contribution in [0.1, 0.15) is 32.6 Å². The van der Waals surface area contributed by atoms with Crippen molar-refractivity contribution in [1.82, 2.24) is 5.32 Å². The van der Waals surface area contributed by atoms with Crippen LogP contribution in [0.25, 0.3) is 0 Å². The van der Waals surface area contributed by atoms with Gasteiger partial charge in [0.2, 0.25) is 5.91 Å². The molecule has 1 amide bonds. The van der Waals surface area contributed by atoms with Crippen LogP contribution in [0.2, 0.25) is 0 Å². The number of aliphatic hydroxyl groups excluding tert-OH is 1. The summed E-state index contributed by atoms with van der Waals surface area (Å²) in [5.74, 6) is 0.222. The van der Waals surface area contributed by atoms with Crippen molar-refractivity contribution in [2.45, 2.75) is 38.1 Å². The van der Waals surface area contributed by atoms with Crippen molar-refractivity contribution in [3.8, 4) is 0 Å². The van der Waals surface area contributed by atoms with Crippen LogP contribution in [0, 0.1) is 5.92 Å². The number of ether oxygens (including phenoxy) is 1. The lowest BCUT2D eigenvalue weighted by molar-refractivity contribution is -0.129. The van der Waals surface area contributed by atoms with Crippen molar-refractivity contribution in [2.75, 3.05) is 26.4 Å². The zero-order valence-electron chi connectivity index (χ0n) is 10.6. The highest BCUT2D eigenvalue weighted by Crippen LogP contribution is 2.17. The van der Waals surface area contributed by atoms with Gasteiger partial charge in [0.15, 0.2) is 0 Å². The molecular weight excluding hydrogens is 220 g/mol. The second-order valence-corrected chi connectivity index (χ2v) is 4.95. The highest BCUT2D eigenvalue weighted by Gasteiger charge is 2.35. The molecule has 1 rings (SSSR count). The minimum Gasteiger partial charge on any atom is -0.396 e. The second-order valence-electron chi connectivity index (χ2n) is 4.95. The average molecular weight is 244 g/mol. The Hall–Kier alpha value is -0.650. The molecular formula is C12H24N2O3. The summed E-state index contributed by atoms with van der Waals surface area (Å²) >= 11 is 0. The van der Waals surface area contributed by atoms with Gasteiger partial charge in [-0.1, -0.05) is 6.92 Å². The maximum atomic E-state index is 11.9. The normalized spacial score (nSPS) is 20.9. The molecule has 1 atom stereocenters. The Labute approximate surface area is 103 Å². The number of nitrogens with two attached hydrogens (primary N) is 1. The largest absolute Gasteiger partial charge is 0.396 e. The fourth-order valence-electron chi connectivity index (χ4n) is 1.88. The number of carbonyl (C=O) groups excluding carboxylic acids is 1. The van der Waals surface area contributed by atoms with E-state index in [0.717, 1.165) is 12.8 Å². The maximum absolute atomic E-state index is 11.9. The quantitative estimate of drug-likeness (QED) is 0.575. The van der Waals surface area contributed by atoms with Crippen molar-refractivity contribution in [1.29, 1.82) is 0 Å². The smallest absolute Gasteiger partial charge is 0.240 e. The van der Waals surface area contributed by atoms with Crippen LogP contribution in [0.15, 0.2) is 0 Å². The Kier molecular flexibility index (Phi) is 5.88. The summed E-state index contributed by atoms with van der Waals surface area (Å²) < 4.78 is 5.20. The summed E-state index contributed by atoms with van der Waals surface area (Å²) in [4.78, 5) is 11.9. The first-order valence-electron chi connectivity index (χ1n) is 6.34. The molecule has 4 N–H and O–H groups in total. The number of amides is 1. The molecule has 1 heterocycles. The minimum absolute atomic E-state index is 0.0718. The summed E-state index contributed by atoms with van der Waals surface area (Å²) in [7, 11) is 0. The van der Waals surface area contributed by atoms with E-state index in [1.807, 2.05) is 6.92 Å². The topological polar surface area (TPSA) is 84.6 Å². The molecule has 1 saturated heterocycles.